The average molecular weight is 447 g/mol. The maximum atomic E-state index is 13.0. The lowest BCUT2D eigenvalue weighted by atomic mass is 10.0. The van der Waals surface area contributed by atoms with Gasteiger partial charge >= 0.3 is 5.97 Å². The minimum Gasteiger partial charge on any atom is -0.461 e. The van der Waals surface area contributed by atoms with Gasteiger partial charge in [-0.2, -0.15) is 0 Å². The molecule has 1 aliphatic heterocycles. The molecule has 0 spiro atoms. The highest BCUT2D eigenvalue weighted by atomic mass is 16.5. The molecular weight excluding hydrogens is 412 g/mol. The van der Waals surface area contributed by atoms with E-state index in [9.17, 15) is 19.2 Å². The molecule has 0 aliphatic carbocycles. The number of rotatable bonds is 9. The first-order chi connectivity index (χ1) is 15.1. The number of amides is 3. The second-order valence-electron chi connectivity index (χ2n) is 8.40. The van der Waals surface area contributed by atoms with Crippen molar-refractivity contribution in [3.8, 4) is 0 Å². The fraction of sp³-hybridized carbons (Fsp3) is 0.565. The van der Waals surface area contributed by atoms with Crippen LogP contribution in [0.25, 0.3) is 0 Å². The van der Waals surface area contributed by atoms with Gasteiger partial charge in [0, 0.05) is 19.2 Å². The molecule has 1 aromatic carbocycles. The van der Waals surface area contributed by atoms with Gasteiger partial charge in [-0.05, 0) is 50.4 Å². The fourth-order valence-electron chi connectivity index (χ4n) is 3.55. The lowest BCUT2D eigenvalue weighted by molar-refractivity contribution is -0.142. The third kappa shape index (κ3) is 6.78. The summed E-state index contributed by atoms with van der Waals surface area (Å²) in [7, 11) is 1.70. The summed E-state index contributed by atoms with van der Waals surface area (Å²) < 4.78 is 4.95. The van der Waals surface area contributed by atoms with E-state index in [-0.39, 0.29) is 42.3 Å². The lowest BCUT2D eigenvalue weighted by Crippen LogP contribution is -2.55. The van der Waals surface area contributed by atoms with Gasteiger partial charge in [-0.15, -0.1) is 0 Å². The summed E-state index contributed by atoms with van der Waals surface area (Å²) in [6, 6.07) is 5.24. The quantitative estimate of drug-likeness (QED) is 0.494. The number of hydrogen-bond donors (Lipinski definition) is 3. The van der Waals surface area contributed by atoms with Crippen LogP contribution in [0.5, 0.6) is 0 Å². The van der Waals surface area contributed by atoms with Crippen molar-refractivity contribution in [2.24, 2.45) is 5.92 Å². The molecule has 1 heterocycles. The van der Waals surface area contributed by atoms with E-state index in [1.165, 1.54) is 6.92 Å². The maximum absolute atomic E-state index is 13.0. The Hall–Kier alpha value is -2.94. The first-order valence-electron chi connectivity index (χ1n) is 10.9. The first kappa shape index (κ1) is 25.3. The molecule has 9 heteroatoms. The summed E-state index contributed by atoms with van der Waals surface area (Å²) in [5, 5.41) is 8.57. The minimum atomic E-state index is -0.748. The van der Waals surface area contributed by atoms with E-state index < -0.39 is 12.1 Å². The zero-order valence-electron chi connectivity index (χ0n) is 19.4. The number of hydrogen-bond acceptors (Lipinski definition) is 6. The number of nitrogens with one attached hydrogen (secondary N) is 3. The SMILES string of the molecule is CN[C@H](C)C(=O)N1CCC[C@H]1C(=O)N[C@H](C(=O)Nc1ccc(COC(C)=O)cc1)C(C)C. The molecule has 2 rings (SSSR count). The van der Waals surface area contributed by atoms with Crippen LogP contribution >= 0.6 is 0 Å². The number of esters is 1. The summed E-state index contributed by atoms with van der Waals surface area (Å²) in [6.45, 7) is 7.51. The largest absolute Gasteiger partial charge is 0.461 e. The van der Waals surface area contributed by atoms with Crippen molar-refractivity contribution < 1.29 is 23.9 Å². The van der Waals surface area contributed by atoms with Crippen LogP contribution in [0.15, 0.2) is 24.3 Å². The number of benzene rings is 1. The van der Waals surface area contributed by atoms with E-state index in [1.807, 2.05) is 13.8 Å². The molecule has 3 amide bonds. The highest BCUT2D eigenvalue weighted by molar-refractivity contribution is 5.99. The van der Waals surface area contributed by atoms with E-state index in [1.54, 1.807) is 43.1 Å². The van der Waals surface area contributed by atoms with Crippen LogP contribution in [0.1, 0.15) is 46.1 Å². The predicted octanol–water partition coefficient (Wildman–Crippen LogP) is 1.43. The highest BCUT2D eigenvalue weighted by Gasteiger charge is 2.37. The number of ether oxygens (including phenoxy) is 1. The maximum Gasteiger partial charge on any atom is 0.302 e. The summed E-state index contributed by atoms with van der Waals surface area (Å²) >= 11 is 0. The molecule has 1 fully saturated rings. The summed E-state index contributed by atoms with van der Waals surface area (Å²) in [5.74, 6) is -1.28. The molecule has 1 aromatic rings. The molecule has 176 valence electrons. The van der Waals surface area contributed by atoms with Gasteiger partial charge in [0.15, 0.2) is 0 Å². The Balaban J connectivity index is 2.01. The monoisotopic (exact) mass is 446 g/mol. The normalized spacial score (nSPS) is 17.6. The van der Waals surface area contributed by atoms with Crippen molar-refractivity contribution in [3.05, 3.63) is 29.8 Å². The Labute approximate surface area is 189 Å². The predicted molar refractivity (Wildman–Crippen MR) is 121 cm³/mol. The average Bonchev–Trinajstić information content (AvgIpc) is 3.25. The summed E-state index contributed by atoms with van der Waals surface area (Å²) in [4.78, 5) is 50.9. The number of anilines is 1. The van der Waals surface area contributed by atoms with Crippen LogP contribution in [0.4, 0.5) is 5.69 Å². The fourth-order valence-corrected chi connectivity index (χ4v) is 3.55. The summed E-state index contributed by atoms with van der Waals surface area (Å²) in [5.41, 5.74) is 1.37. The molecule has 0 unspecified atom stereocenters. The topological polar surface area (TPSA) is 117 Å². The van der Waals surface area contributed by atoms with E-state index in [4.69, 9.17) is 4.74 Å². The van der Waals surface area contributed by atoms with Gasteiger partial charge in [-0.25, -0.2) is 0 Å². The van der Waals surface area contributed by atoms with Crippen molar-refractivity contribution in [1.82, 2.24) is 15.5 Å². The van der Waals surface area contributed by atoms with E-state index in [2.05, 4.69) is 16.0 Å². The molecule has 0 bridgehead atoms. The third-order valence-corrected chi connectivity index (χ3v) is 5.55. The van der Waals surface area contributed by atoms with Gasteiger partial charge < -0.3 is 25.6 Å². The van der Waals surface area contributed by atoms with Crippen LogP contribution in [0, 0.1) is 5.92 Å². The second-order valence-corrected chi connectivity index (χ2v) is 8.40. The van der Waals surface area contributed by atoms with Crippen molar-refractivity contribution in [1.29, 1.82) is 0 Å². The number of carbonyl (C=O) groups excluding carboxylic acids is 4. The molecule has 9 nitrogen and oxygen atoms in total. The van der Waals surface area contributed by atoms with Crippen molar-refractivity contribution in [3.63, 3.8) is 0 Å². The summed E-state index contributed by atoms with van der Waals surface area (Å²) in [6.07, 6.45) is 1.32. The third-order valence-electron chi connectivity index (χ3n) is 5.55. The van der Waals surface area contributed by atoms with Gasteiger partial charge in [0.05, 0.1) is 6.04 Å². The van der Waals surface area contributed by atoms with Gasteiger partial charge in [0.25, 0.3) is 0 Å². The lowest BCUT2D eigenvalue weighted by Gasteiger charge is -2.29. The Kier molecular flexibility index (Phi) is 9.19. The molecular formula is C23H34N4O5. The van der Waals surface area contributed by atoms with E-state index in [0.29, 0.717) is 18.7 Å². The molecule has 3 N–H and O–H groups in total. The molecule has 1 aliphatic rings. The zero-order valence-corrected chi connectivity index (χ0v) is 19.4. The van der Waals surface area contributed by atoms with E-state index >= 15 is 0 Å². The smallest absolute Gasteiger partial charge is 0.302 e. The van der Waals surface area contributed by atoms with Crippen LogP contribution in [-0.2, 0) is 30.5 Å². The Morgan fingerprint density at radius 2 is 1.78 bits per heavy atom. The molecule has 3 atom stereocenters. The second kappa shape index (κ2) is 11.6. The Bertz CT molecular complexity index is 824. The molecule has 0 radical (unpaired) electrons. The molecule has 0 aromatic heterocycles. The van der Waals surface area contributed by atoms with Crippen LogP contribution in [0.2, 0.25) is 0 Å². The number of nitrogens with zero attached hydrogens (tertiary/aromatic N) is 1. The van der Waals surface area contributed by atoms with Crippen LogP contribution in [-0.4, -0.2) is 60.3 Å². The minimum absolute atomic E-state index is 0.121. The van der Waals surface area contributed by atoms with Crippen LogP contribution < -0.4 is 16.0 Å². The number of likely N-dealkylation sites (tertiary alicyclic amines) is 1. The van der Waals surface area contributed by atoms with Gasteiger partial charge in [0.1, 0.15) is 18.7 Å². The van der Waals surface area contributed by atoms with Gasteiger partial charge in [-0.1, -0.05) is 26.0 Å². The number of carbonyl (C=O) groups is 4. The van der Waals surface area contributed by atoms with E-state index in [0.717, 1.165) is 12.0 Å². The number of likely N-dealkylation sites (N-methyl/N-ethyl adjacent to an activating group) is 1. The van der Waals surface area contributed by atoms with Gasteiger partial charge in [-0.3, -0.25) is 19.2 Å². The van der Waals surface area contributed by atoms with Crippen molar-refractivity contribution in [2.75, 3.05) is 18.9 Å². The molecule has 32 heavy (non-hydrogen) atoms. The standard InChI is InChI=1S/C23H34N4O5/c1-14(2)20(22(30)25-18-10-8-17(9-11-18)13-32-16(4)28)26-21(29)19-7-6-12-27(19)23(31)15(3)24-5/h8-11,14-15,19-20,24H,6-7,12-13H2,1-5H3,(H,25,30)(H,26,29)/t15-,19+,20+/m1/s1. The Morgan fingerprint density at radius 3 is 2.34 bits per heavy atom. The van der Waals surface area contributed by atoms with Crippen LogP contribution in [0.3, 0.4) is 0 Å². The molecule has 0 saturated carbocycles. The Morgan fingerprint density at radius 1 is 1.12 bits per heavy atom. The van der Waals surface area contributed by atoms with Crippen molar-refractivity contribution >= 4 is 29.4 Å². The highest BCUT2D eigenvalue weighted by Crippen LogP contribution is 2.20. The zero-order chi connectivity index (χ0) is 23.8. The van der Waals surface area contributed by atoms with Crippen molar-refractivity contribution in [2.45, 2.75) is 65.3 Å². The molecule has 1 saturated heterocycles. The van der Waals surface area contributed by atoms with Gasteiger partial charge in [0.2, 0.25) is 17.7 Å². The first-order valence-corrected chi connectivity index (χ1v) is 10.9.